The second-order valence-corrected chi connectivity index (χ2v) is 8.51. The van der Waals surface area contributed by atoms with Gasteiger partial charge in [0.2, 0.25) is 0 Å². The molecule has 2 aromatic carbocycles. The van der Waals surface area contributed by atoms with Crippen LogP contribution in [0.2, 0.25) is 0 Å². The summed E-state index contributed by atoms with van der Waals surface area (Å²) < 4.78 is 7.16. The lowest BCUT2D eigenvalue weighted by Crippen LogP contribution is -2.19. The van der Waals surface area contributed by atoms with E-state index >= 15 is 0 Å². The van der Waals surface area contributed by atoms with Crippen LogP contribution < -0.4 is 0 Å². The predicted octanol–water partition coefficient (Wildman–Crippen LogP) is 3.13. The Morgan fingerprint density at radius 3 is 2.39 bits per heavy atom. The summed E-state index contributed by atoms with van der Waals surface area (Å²) in [6.45, 7) is 2.72. The van der Waals surface area contributed by atoms with Gasteiger partial charge in [-0.05, 0) is 42.2 Å². The predicted molar refractivity (Wildman–Crippen MR) is 126 cm³/mol. The van der Waals surface area contributed by atoms with E-state index < -0.39 is 6.10 Å². The quantitative estimate of drug-likeness (QED) is 0.486. The SMILES string of the molecule is C[C@H](O)c1nccn1[C@@H](C#Cc1ccc(-c2ccc(C[C@@H]3COC[C@H]3O)cc2)cc1)CCO. The van der Waals surface area contributed by atoms with E-state index in [1.54, 1.807) is 19.3 Å². The number of rotatable bonds is 7. The normalized spacial score (nSPS) is 19.6. The fourth-order valence-corrected chi connectivity index (χ4v) is 4.15. The van der Waals surface area contributed by atoms with Crippen LogP contribution in [-0.4, -0.2) is 50.8 Å². The number of aliphatic hydroxyl groups excluding tert-OH is 3. The summed E-state index contributed by atoms with van der Waals surface area (Å²) >= 11 is 0. The van der Waals surface area contributed by atoms with Crippen LogP contribution in [0.4, 0.5) is 0 Å². The minimum atomic E-state index is -0.703. The fraction of sp³-hybridized carbons (Fsp3) is 0.370. The molecule has 0 saturated carbocycles. The molecule has 0 radical (unpaired) electrons. The van der Waals surface area contributed by atoms with Gasteiger partial charge in [-0.1, -0.05) is 48.2 Å². The monoisotopic (exact) mass is 446 g/mol. The van der Waals surface area contributed by atoms with E-state index in [0.717, 1.165) is 23.1 Å². The summed E-state index contributed by atoms with van der Waals surface area (Å²) in [5, 5.41) is 29.3. The Labute approximate surface area is 194 Å². The maximum Gasteiger partial charge on any atom is 0.138 e. The van der Waals surface area contributed by atoms with Crippen LogP contribution >= 0.6 is 0 Å². The molecule has 4 rings (SSSR count). The molecule has 0 spiro atoms. The van der Waals surface area contributed by atoms with Crippen molar-refractivity contribution in [1.82, 2.24) is 9.55 Å². The number of hydrogen-bond acceptors (Lipinski definition) is 5. The van der Waals surface area contributed by atoms with Gasteiger partial charge in [0.15, 0.2) is 0 Å². The van der Waals surface area contributed by atoms with Crippen molar-refractivity contribution in [3.63, 3.8) is 0 Å². The summed E-state index contributed by atoms with van der Waals surface area (Å²) in [6.07, 6.45) is 3.62. The zero-order chi connectivity index (χ0) is 23.2. The number of nitrogens with zero attached hydrogens (tertiary/aromatic N) is 2. The van der Waals surface area contributed by atoms with Gasteiger partial charge in [-0.3, -0.25) is 0 Å². The van der Waals surface area contributed by atoms with E-state index in [1.807, 2.05) is 28.8 Å². The molecule has 0 bridgehead atoms. The molecule has 1 fully saturated rings. The Morgan fingerprint density at radius 1 is 1.09 bits per heavy atom. The molecule has 1 saturated heterocycles. The van der Waals surface area contributed by atoms with Gasteiger partial charge in [0.05, 0.1) is 25.4 Å². The highest BCUT2D eigenvalue weighted by Crippen LogP contribution is 2.24. The molecular weight excluding hydrogens is 416 g/mol. The third-order valence-electron chi connectivity index (χ3n) is 6.03. The molecule has 3 N–H and O–H groups in total. The zero-order valence-corrected chi connectivity index (χ0v) is 18.8. The highest BCUT2D eigenvalue weighted by molar-refractivity contribution is 5.64. The van der Waals surface area contributed by atoms with Crippen LogP contribution in [0.1, 0.15) is 42.4 Å². The maximum atomic E-state index is 9.94. The molecule has 6 heteroatoms. The third-order valence-corrected chi connectivity index (χ3v) is 6.03. The second kappa shape index (κ2) is 10.8. The molecule has 3 aromatic rings. The maximum absolute atomic E-state index is 9.94. The number of aliphatic hydroxyl groups is 3. The van der Waals surface area contributed by atoms with Crippen molar-refractivity contribution in [3.05, 3.63) is 77.9 Å². The standard InChI is InChI=1S/C27H30N2O4/c1-19(31)27-28-13-14-29(27)25(12-15-30)11-6-20-2-7-22(8-3-20)23-9-4-21(5-10-23)16-24-17-33-18-26(24)32/h2-5,7-10,13-14,19,24-26,30-32H,12,15-18H2,1H3/t19-,24+,25-,26+/m0/s1. The number of ether oxygens (including phenoxy) is 1. The Kier molecular flexibility index (Phi) is 7.58. The van der Waals surface area contributed by atoms with Crippen molar-refractivity contribution < 1.29 is 20.1 Å². The first-order chi connectivity index (χ1) is 16.0. The molecule has 1 aliphatic rings. The highest BCUT2D eigenvalue weighted by Gasteiger charge is 2.26. The lowest BCUT2D eigenvalue weighted by molar-refractivity contribution is 0.118. The first-order valence-corrected chi connectivity index (χ1v) is 11.3. The number of benzene rings is 2. The van der Waals surface area contributed by atoms with Gasteiger partial charge in [-0.15, -0.1) is 0 Å². The van der Waals surface area contributed by atoms with Gasteiger partial charge in [0.1, 0.15) is 11.9 Å². The van der Waals surface area contributed by atoms with Crippen molar-refractivity contribution in [2.24, 2.45) is 5.92 Å². The Balaban J connectivity index is 1.45. The molecule has 172 valence electrons. The average molecular weight is 447 g/mol. The van der Waals surface area contributed by atoms with Crippen LogP contribution in [0.15, 0.2) is 60.9 Å². The minimum Gasteiger partial charge on any atom is -0.396 e. The molecular formula is C27H30N2O4. The van der Waals surface area contributed by atoms with Crippen LogP contribution in [0.5, 0.6) is 0 Å². The smallest absolute Gasteiger partial charge is 0.138 e. The first kappa shape index (κ1) is 23.2. The largest absolute Gasteiger partial charge is 0.396 e. The van der Waals surface area contributed by atoms with E-state index in [9.17, 15) is 15.3 Å². The summed E-state index contributed by atoms with van der Waals surface area (Å²) in [7, 11) is 0. The highest BCUT2D eigenvalue weighted by atomic mass is 16.5. The molecule has 2 heterocycles. The summed E-state index contributed by atoms with van der Waals surface area (Å²) in [4.78, 5) is 4.20. The van der Waals surface area contributed by atoms with Gasteiger partial charge < -0.3 is 24.6 Å². The van der Waals surface area contributed by atoms with Gasteiger partial charge in [-0.25, -0.2) is 4.98 Å². The Bertz CT molecular complexity index is 1090. The average Bonchev–Trinajstić information content (AvgIpc) is 3.47. The molecule has 1 aromatic heterocycles. The van der Waals surface area contributed by atoms with E-state index in [-0.39, 0.29) is 24.7 Å². The number of hydrogen-bond donors (Lipinski definition) is 3. The van der Waals surface area contributed by atoms with Crippen molar-refractivity contribution in [2.75, 3.05) is 19.8 Å². The summed E-state index contributed by atoms with van der Waals surface area (Å²) in [5.74, 6) is 7.11. The third kappa shape index (κ3) is 5.70. The van der Waals surface area contributed by atoms with E-state index in [2.05, 4.69) is 41.1 Å². The topological polar surface area (TPSA) is 87.7 Å². The van der Waals surface area contributed by atoms with Crippen LogP contribution in [0.25, 0.3) is 11.1 Å². The number of aromatic nitrogens is 2. The lowest BCUT2D eigenvalue weighted by atomic mass is 9.95. The molecule has 0 unspecified atom stereocenters. The summed E-state index contributed by atoms with van der Waals surface area (Å²) in [5.41, 5.74) is 4.31. The first-order valence-electron chi connectivity index (χ1n) is 11.3. The van der Waals surface area contributed by atoms with Crippen molar-refractivity contribution in [3.8, 4) is 23.0 Å². The van der Waals surface area contributed by atoms with Crippen molar-refractivity contribution >= 4 is 0 Å². The van der Waals surface area contributed by atoms with Crippen LogP contribution in [-0.2, 0) is 11.2 Å². The Hall–Kier alpha value is -2.95. The summed E-state index contributed by atoms with van der Waals surface area (Å²) in [6, 6.07) is 16.2. The Morgan fingerprint density at radius 2 is 1.79 bits per heavy atom. The lowest BCUT2D eigenvalue weighted by Gasteiger charge is -2.15. The second-order valence-electron chi connectivity index (χ2n) is 8.51. The van der Waals surface area contributed by atoms with Gasteiger partial charge >= 0.3 is 0 Å². The zero-order valence-electron chi connectivity index (χ0n) is 18.8. The molecule has 4 atom stereocenters. The van der Waals surface area contributed by atoms with E-state index in [0.29, 0.717) is 25.5 Å². The van der Waals surface area contributed by atoms with Crippen LogP contribution in [0.3, 0.4) is 0 Å². The van der Waals surface area contributed by atoms with Crippen molar-refractivity contribution in [2.45, 2.75) is 38.0 Å². The van der Waals surface area contributed by atoms with Gasteiger partial charge in [-0.2, -0.15) is 0 Å². The van der Waals surface area contributed by atoms with Crippen molar-refractivity contribution in [1.29, 1.82) is 0 Å². The molecule has 33 heavy (non-hydrogen) atoms. The van der Waals surface area contributed by atoms with E-state index in [4.69, 9.17) is 4.74 Å². The van der Waals surface area contributed by atoms with Crippen LogP contribution in [0, 0.1) is 17.8 Å². The molecule has 6 nitrogen and oxygen atoms in total. The van der Waals surface area contributed by atoms with Gasteiger partial charge in [0, 0.05) is 36.9 Å². The van der Waals surface area contributed by atoms with E-state index in [1.165, 1.54) is 5.56 Å². The number of imidazole rings is 1. The molecule has 0 amide bonds. The molecule has 0 aliphatic carbocycles. The molecule has 1 aliphatic heterocycles. The van der Waals surface area contributed by atoms with Gasteiger partial charge in [0.25, 0.3) is 0 Å². The minimum absolute atomic E-state index is 0.00155. The fourth-order valence-electron chi connectivity index (χ4n) is 4.15.